The van der Waals surface area contributed by atoms with Crippen LogP contribution in [-0.2, 0) is 14.3 Å². The number of rotatable bonds is 9. The van der Waals surface area contributed by atoms with Gasteiger partial charge in [0.1, 0.15) is 12.6 Å². The van der Waals surface area contributed by atoms with Crippen LogP contribution < -0.4 is 16.0 Å². The summed E-state index contributed by atoms with van der Waals surface area (Å²) in [6.07, 6.45) is -0.773. The average molecular weight is 424 g/mol. The van der Waals surface area contributed by atoms with Gasteiger partial charge in [-0.2, -0.15) is 0 Å². The number of hydrogen-bond acceptors (Lipinski definition) is 5. The fourth-order valence-corrected chi connectivity index (χ4v) is 3.77. The van der Waals surface area contributed by atoms with Gasteiger partial charge in [-0.3, -0.25) is 14.5 Å². The topological polar surface area (TPSA) is 87.9 Å². The van der Waals surface area contributed by atoms with Gasteiger partial charge in [-0.1, -0.05) is 13.8 Å². The molecule has 0 spiro atoms. The lowest BCUT2D eigenvalue weighted by atomic mass is 10.1. The first-order valence-corrected chi connectivity index (χ1v) is 10.4. The van der Waals surface area contributed by atoms with E-state index in [1.165, 1.54) is 17.0 Å². The molecule has 0 aromatic heterocycles. The van der Waals surface area contributed by atoms with E-state index < -0.39 is 12.5 Å². The van der Waals surface area contributed by atoms with Gasteiger partial charge in [0, 0.05) is 42.6 Å². The molecule has 2 aliphatic rings. The summed E-state index contributed by atoms with van der Waals surface area (Å²) >= 11 is 0. The highest BCUT2D eigenvalue weighted by atomic mass is 19.3. The van der Waals surface area contributed by atoms with Gasteiger partial charge in [0.2, 0.25) is 5.91 Å². The second kappa shape index (κ2) is 9.80. The van der Waals surface area contributed by atoms with Crippen LogP contribution in [0.4, 0.5) is 20.2 Å². The van der Waals surface area contributed by atoms with E-state index in [4.69, 9.17) is 10.5 Å². The van der Waals surface area contributed by atoms with Gasteiger partial charge < -0.3 is 20.7 Å². The minimum atomic E-state index is -2.80. The van der Waals surface area contributed by atoms with Gasteiger partial charge in [0.05, 0.1) is 6.61 Å². The molecule has 166 valence electrons. The number of nitrogens with one attached hydrogen (secondary N) is 1. The van der Waals surface area contributed by atoms with Gasteiger partial charge in [-0.25, -0.2) is 8.78 Å². The molecule has 2 amide bonds. The number of benzene rings is 1. The van der Waals surface area contributed by atoms with Gasteiger partial charge in [0.15, 0.2) is 0 Å². The Balaban J connectivity index is 1.80. The van der Waals surface area contributed by atoms with Crippen molar-refractivity contribution in [1.29, 1.82) is 0 Å². The van der Waals surface area contributed by atoms with Crippen molar-refractivity contribution in [3.63, 3.8) is 0 Å². The first-order chi connectivity index (χ1) is 14.3. The molecule has 7 nitrogen and oxygen atoms in total. The number of halogens is 2. The highest BCUT2D eigenvalue weighted by Gasteiger charge is 2.37. The molecule has 9 heteroatoms. The number of nitrogens with two attached hydrogens (primary N) is 1. The number of alkyl halides is 2. The first-order valence-electron chi connectivity index (χ1n) is 10.4. The molecule has 1 saturated heterocycles. The highest BCUT2D eigenvalue weighted by molar-refractivity contribution is 5.97. The van der Waals surface area contributed by atoms with E-state index in [-0.39, 0.29) is 36.2 Å². The van der Waals surface area contributed by atoms with Crippen LogP contribution in [0, 0.1) is 5.92 Å². The molecule has 1 aromatic rings. The van der Waals surface area contributed by atoms with Gasteiger partial charge in [0.25, 0.3) is 12.3 Å². The molecule has 1 aliphatic carbocycles. The maximum Gasteiger partial charge on any atom is 0.265 e. The molecular weight excluding hydrogens is 394 g/mol. The van der Waals surface area contributed by atoms with Crippen LogP contribution in [-0.4, -0.2) is 61.6 Å². The van der Waals surface area contributed by atoms with Crippen molar-refractivity contribution < 1.29 is 23.1 Å². The summed E-state index contributed by atoms with van der Waals surface area (Å²) < 4.78 is 32.6. The van der Waals surface area contributed by atoms with E-state index in [1.54, 1.807) is 6.07 Å². The Hall–Kier alpha value is -2.10. The van der Waals surface area contributed by atoms with Crippen molar-refractivity contribution in [3.8, 4) is 0 Å². The normalized spacial score (nSPS) is 18.4. The number of hydrogen-bond donors (Lipinski definition) is 2. The molecule has 30 heavy (non-hydrogen) atoms. The predicted molar refractivity (Wildman–Crippen MR) is 111 cm³/mol. The summed E-state index contributed by atoms with van der Waals surface area (Å²) in [5.74, 6) is -0.313. The van der Waals surface area contributed by atoms with Crippen LogP contribution in [0.3, 0.4) is 0 Å². The fourth-order valence-electron chi connectivity index (χ4n) is 3.77. The Morgan fingerprint density at radius 3 is 2.67 bits per heavy atom. The molecule has 1 atom stereocenters. The molecule has 1 aliphatic heterocycles. The van der Waals surface area contributed by atoms with Crippen molar-refractivity contribution in [2.45, 2.75) is 45.2 Å². The molecule has 1 heterocycles. The zero-order chi connectivity index (χ0) is 21.8. The van der Waals surface area contributed by atoms with Gasteiger partial charge in [-0.05, 0) is 37.0 Å². The summed E-state index contributed by atoms with van der Waals surface area (Å²) in [6.45, 7) is 5.54. The SMILES string of the molecule is CC(C)CN(C1CC1)[C@@H](CN)C(=O)Nc1ccc(N2CCOCC2=O)cc1C(F)F. The van der Waals surface area contributed by atoms with Crippen molar-refractivity contribution in [2.75, 3.05) is 43.1 Å². The second-order valence-electron chi connectivity index (χ2n) is 8.23. The molecule has 3 rings (SSSR count). The maximum absolute atomic E-state index is 13.8. The number of morpholine rings is 1. The number of carbonyl (C=O) groups excluding carboxylic acids is 2. The monoisotopic (exact) mass is 424 g/mol. The van der Waals surface area contributed by atoms with Crippen molar-refractivity contribution in [3.05, 3.63) is 23.8 Å². The van der Waals surface area contributed by atoms with E-state index in [0.717, 1.165) is 19.4 Å². The Kier molecular flexibility index (Phi) is 7.38. The predicted octanol–water partition coefficient (Wildman–Crippen LogP) is 2.37. The summed E-state index contributed by atoms with van der Waals surface area (Å²) in [4.78, 5) is 28.5. The molecule has 0 radical (unpaired) electrons. The molecule has 1 aromatic carbocycles. The number of amides is 2. The minimum Gasteiger partial charge on any atom is -0.370 e. The molecule has 0 unspecified atom stereocenters. The first kappa shape index (κ1) is 22.6. The van der Waals surface area contributed by atoms with Crippen LogP contribution in [0.15, 0.2) is 18.2 Å². The Bertz CT molecular complexity index is 771. The van der Waals surface area contributed by atoms with Crippen LogP contribution in [0.2, 0.25) is 0 Å². The summed E-state index contributed by atoms with van der Waals surface area (Å²) in [5.41, 5.74) is 5.98. The summed E-state index contributed by atoms with van der Waals surface area (Å²) in [7, 11) is 0. The standard InChI is InChI=1S/C21H30F2N4O3/c1-13(2)11-27(14-3-4-14)18(10-24)21(29)25-17-6-5-15(9-16(17)20(22)23)26-7-8-30-12-19(26)28/h5-6,9,13-14,18,20H,3-4,7-8,10-12,24H2,1-2H3,(H,25,29)/t18-/m0/s1. The molecule has 3 N–H and O–H groups in total. The maximum atomic E-state index is 13.8. The average Bonchev–Trinajstić information content (AvgIpc) is 3.53. The quantitative estimate of drug-likeness (QED) is 0.636. The Labute approximate surface area is 175 Å². The van der Waals surface area contributed by atoms with Crippen molar-refractivity contribution >= 4 is 23.2 Å². The van der Waals surface area contributed by atoms with E-state index in [9.17, 15) is 18.4 Å². The number of anilines is 2. The summed E-state index contributed by atoms with van der Waals surface area (Å²) in [6, 6.07) is 3.99. The second-order valence-corrected chi connectivity index (χ2v) is 8.23. The molecular formula is C21H30F2N4O3. The smallest absolute Gasteiger partial charge is 0.265 e. The Morgan fingerprint density at radius 1 is 1.37 bits per heavy atom. The van der Waals surface area contributed by atoms with E-state index >= 15 is 0 Å². The lowest BCUT2D eigenvalue weighted by molar-refractivity contribution is -0.125. The zero-order valence-electron chi connectivity index (χ0n) is 17.4. The lowest BCUT2D eigenvalue weighted by Gasteiger charge is -2.32. The summed E-state index contributed by atoms with van der Waals surface area (Å²) in [5, 5.41) is 2.65. The van der Waals surface area contributed by atoms with Crippen LogP contribution >= 0.6 is 0 Å². The third-order valence-electron chi connectivity index (χ3n) is 5.34. The number of nitrogens with zero attached hydrogens (tertiary/aromatic N) is 2. The van der Waals surface area contributed by atoms with E-state index in [2.05, 4.69) is 24.1 Å². The van der Waals surface area contributed by atoms with Crippen molar-refractivity contribution in [1.82, 2.24) is 4.90 Å². The van der Waals surface area contributed by atoms with Gasteiger partial charge >= 0.3 is 0 Å². The number of carbonyl (C=O) groups is 2. The van der Waals surface area contributed by atoms with Crippen LogP contribution in [0.25, 0.3) is 0 Å². The third kappa shape index (κ3) is 5.33. The number of ether oxygens (including phenoxy) is 1. The molecule has 1 saturated carbocycles. The van der Waals surface area contributed by atoms with Crippen LogP contribution in [0.5, 0.6) is 0 Å². The fraction of sp³-hybridized carbons (Fsp3) is 0.619. The lowest BCUT2D eigenvalue weighted by Crippen LogP contribution is -2.51. The molecule has 0 bridgehead atoms. The largest absolute Gasteiger partial charge is 0.370 e. The minimum absolute atomic E-state index is 0.0400. The Morgan fingerprint density at radius 2 is 2.10 bits per heavy atom. The van der Waals surface area contributed by atoms with Crippen molar-refractivity contribution in [2.24, 2.45) is 11.7 Å². The van der Waals surface area contributed by atoms with E-state index in [0.29, 0.717) is 30.8 Å². The van der Waals surface area contributed by atoms with E-state index in [1.807, 2.05) is 0 Å². The third-order valence-corrected chi connectivity index (χ3v) is 5.34. The molecule has 2 fully saturated rings. The zero-order valence-corrected chi connectivity index (χ0v) is 17.4. The van der Waals surface area contributed by atoms with Crippen LogP contribution in [0.1, 0.15) is 38.7 Å². The van der Waals surface area contributed by atoms with Gasteiger partial charge in [-0.15, -0.1) is 0 Å². The highest BCUT2D eigenvalue weighted by Crippen LogP contribution is 2.33.